The summed E-state index contributed by atoms with van der Waals surface area (Å²) in [5, 5.41) is 8.51. The average molecular weight is 422 g/mol. The highest BCUT2D eigenvalue weighted by Crippen LogP contribution is 2.29. The van der Waals surface area contributed by atoms with Crippen LogP contribution < -0.4 is 0 Å². The van der Waals surface area contributed by atoms with Crippen molar-refractivity contribution in [2.45, 2.75) is 13.0 Å². The minimum absolute atomic E-state index is 0.0812. The van der Waals surface area contributed by atoms with Gasteiger partial charge in [-0.3, -0.25) is 9.89 Å². The lowest BCUT2D eigenvalue weighted by molar-refractivity contribution is -0.00295. The summed E-state index contributed by atoms with van der Waals surface area (Å²) in [6, 6.07) is 13.1. The second-order valence-corrected chi connectivity index (χ2v) is 7.81. The van der Waals surface area contributed by atoms with Gasteiger partial charge in [-0.1, -0.05) is 23.7 Å². The van der Waals surface area contributed by atoms with E-state index in [-0.39, 0.29) is 11.9 Å². The summed E-state index contributed by atoms with van der Waals surface area (Å²) in [7, 11) is 0. The number of hydrogen-bond acceptors (Lipinski definition) is 4. The lowest BCUT2D eigenvalue weighted by Crippen LogP contribution is -2.43. The second-order valence-electron chi connectivity index (χ2n) is 7.37. The minimum atomic E-state index is -0.187. The first-order valence-electron chi connectivity index (χ1n) is 9.74. The predicted octanol–water partition coefficient (Wildman–Crippen LogP) is 4.13. The zero-order chi connectivity index (χ0) is 20.7. The molecule has 0 aliphatic carbocycles. The SMILES string of the molecule is Cc1[nH]ncc1-c1ccc2cc(C(=O)N3CCOC[C@@H]3c3cccc(Cl)c3)[nH]c2n1. The Morgan fingerprint density at radius 2 is 2.17 bits per heavy atom. The molecule has 0 saturated carbocycles. The molecule has 8 heteroatoms. The van der Waals surface area contributed by atoms with Gasteiger partial charge in [-0.15, -0.1) is 0 Å². The van der Waals surface area contributed by atoms with Crippen molar-refractivity contribution in [2.24, 2.45) is 0 Å². The molecule has 5 rings (SSSR count). The smallest absolute Gasteiger partial charge is 0.271 e. The molecule has 4 aromatic rings. The van der Waals surface area contributed by atoms with Crippen LogP contribution >= 0.6 is 11.6 Å². The number of morpholine rings is 1. The van der Waals surface area contributed by atoms with E-state index in [1.807, 2.05) is 54.3 Å². The van der Waals surface area contributed by atoms with Crippen LogP contribution in [0.25, 0.3) is 22.3 Å². The number of rotatable bonds is 3. The van der Waals surface area contributed by atoms with Gasteiger partial charge in [0, 0.05) is 28.2 Å². The van der Waals surface area contributed by atoms with Gasteiger partial charge in [0.1, 0.15) is 11.3 Å². The number of nitrogens with one attached hydrogen (secondary N) is 2. The van der Waals surface area contributed by atoms with Crippen molar-refractivity contribution in [1.29, 1.82) is 0 Å². The second kappa shape index (κ2) is 7.59. The van der Waals surface area contributed by atoms with E-state index in [2.05, 4.69) is 20.2 Å². The van der Waals surface area contributed by atoms with Gasteiger partial charge in [-0.25, -0.2) is 4.98 Å². The number of H-pyrrole nitrogens is 2. The summed E-state index contributed by atoms with van der Waals surface area (Å²) in [4.78, 5) is 23.1. The summed E-state index contributed by atoms with van der Waals surface area (Å²) in [5.74, 6) is -0.0812. The number of fused-ring (bicyclic) bond motifs is 1. The number of carbonyl (C=O) groups is 1. The van der Waals surface area contributed by atoms with E-state index in [1.165, 1.54) is 0 Å². The van der Waals surface area contributed by atoms with Crippen molar-refractivity contribution in [1.82, 2.24) is 25.1 Å². The van der Waals surface area contributed by atoms with Gasteiger partial charge in [-0.2, -0.15) is 5.10 Å². The molecule has 3 aromatic heterocycles. The van der Waals surface area contributed by atoms with Crippen LogP contribution in [0.4, 0.5) is 0 Å². The topological polar surface area (TPSA) is 86.9 Å². The number of amides is 1. The van der Waals surface area contributed by atoms with Gasteiger partial charge < -0.3 is 14.6 Å². The average Bonchev–Trinajstić information content (AvgIpc) is 3.38. The van der Waals surface area contributed by atoms with Gasteiger partial charge >= 0.3 is 0 Å². The molecule has 1 aromatic carbocycles. The summed E-state index contributed by atoms with van der Waals surface area (Å²) in [5.41, 5.74) is 4.83. The summed E-state index contributed by atoms with van der Waals surface area (Å²) in [6.45, 7) is 3.41. The molecule has 1 saturated heterocycles. The maximum Gasteiger partial charge on any atom is 0.271 e. The normalized spacial score (nSPS) is 16.9. The molecule has 152 valence electrons. The number of hydrogen-bond donors (Lipinski definition) is 2. The lowest BCUT2D eigenvalue weighted by atomic mass is 10.0. The summed E-state index contributed by atoms with van der Waals surface area (Å²) < 4.78 is 5.65. The molecular weight excluding hydrogens is 402 g/mol. The van der Waals surface area contributed by atoms with Crippen LogP contribution in [-0.4, -0.2) is 50.7 Å². The highest BCUT2D eigenvalue weighted by Gasteiger charge is 2.30. The molecule has 0 radical (unpaired) electrons. The van der Waals surface area contributed by atoms with E-state index in [9.17, 15) is 4.79 Å². The Morgan fingerprint density at radius 3 is 2.97 bits per heavy atom. The third-order valence-corrected chi connectivity index (χ3v) is 5.67. The van der Waals surface area contributed by atoms with Crippen molar-refractivity contribution >= 4 is 28.5 Å². The molecule has 7 nitrogen and oxygen atoms in total. The molecule has 1 aliphatic rings. The Balaban J connectivity index is 1.48. The fourth-order valence-corrected chi connectivity index (χ4v) is 4.07. The molecular formula is C22H20ClN5O2. The van der Waals surface area contributed by atoms with Gasteiger partial charge in [0.2, 0.25) is 0 Å². The Bertz CT molecular complexity index is 1230. The van der Waals surface area contributed by atoms with E-state index in [0.717, 1.165) is 27.9 Å². The van der Waals surface area contributed by atoms with Gasteiger partial charge in [0.25, 0.3) is 5.91 Å². The van der Waals surface area contributed by atoms with E-state index in [4.69, 9.17) is 16.3 Å². The molecule has 0 spiro atoms. The molecule has 0 unspecified atom stereocenters. The summed E-state index contributed by atoms with van der Waals surface area (Å²) >= 11 is 6.16. The molecule has 0 bridgehead atoms. The number of nitrogens with zero attached hydrogens (tertiary/aromatic N) is 3. The molecule has 2 N–H and O–H groups in total. The van der Waals surface area contributed by atoms with Crippen LogP contribution in [0.15, 0.2) is 48.7 Å². The standard InChI is InChI=1S/C22H20ClN5O2/c1-13-17(11-24-27-13)18-6-5-15-10-19(26-21(15)25-18)22(29)28-7-8-30-12-20(28)14-3-2-4-16(23)9-14/h2-6,9-11,20H,7-8,12H2,1H3,(H,24,27)(H,25,26)/t20-/m1/s1. The van der Waals surface area contributed by atoms with Crippen LogP contribution in [0.2, 0.25) is 5.02 Å². The van der Waals surface area contributed by atoms with Crippen molar-refractivity contribution in [2.75, 3.05) is 19.8 Å². The predicted molar refractivity (Wildman–Crippen MR) is 114 cm³/mol. The molecule has 1 aliphatic heterocycles. The van der Waals surface area contributed by atoms with Crippen molar-refractivity contribution in [3.63, 3.8) is 0 Å². The number of carbonyl (C=O) groups excluding carboxylic acids is 1. The summed E-state index contributed by atoms with van der Waals surface area (Å²) in [6.07, 6.45) is 1.75. The van der Waals surface area contributed by atoms with Gasteiger partial charge in [-0.05, 0) is 42.8 Å². The number of pyridine rings is 1. The third-order valence-electron chi connectivity index (χ3n) is 5.44. The Morgan fingerprint density at radius 1 is 1.27 bits per heavy atom. The Hall–Kier alpha value is -3.16. The molecule has 1 fully saturated rings. The first kappa shape index (κ1) is 18.8. The van der Waals surface area contributed by atoms with Crippen LogP contribution in [0.3, 0.4) is 0 Å². The van der Waals surface area contributed by atoms with E-state index in [0.29, 0.717) is 36.1 Å². The van der Waals surface area contributed by atoms with Gasteiger partial charge in [0.15, 0.2) is 0 Å². The molecule has 4 heterocycles. The lowest BCUT2D eigenvalue weighted by Gasteiger charge is -2.35. The first-order valence-corrected chi connectivity index (χ1v) is 10.1. The zero-order valence-corrected chi connectivity index (χ0v) is 17.1. The highest BCUT2D eigenvalue weighted by molar-refractivity contribution is 6.30. The number of aryl methyl sites for hydroxylation is 1. The first-order chi connectivity index (χ1) is 14.6. The number of benzene rings is 1. The monoisotopic (exact) mass is 421 g/mol. The quantitative estimate of drug-likeness (QED) is 0.520. The number of aromatic amines is 2. The fraction of sp³-hybridized carbons (Fsp3) is 0.227. The van der Waals surface area contributed by atoms with E-state index < -0.39 is 0 Å². The van der Waals surface area contributed by atoms with E-state index >= 15 is 0 Å². The Kier molecular flexibility index (Phi) is 4.77. The fourth-order valence-electron chi connectivity index (χ4n) is 3.87. The zero-order valence-electron chi connectivity index (χ0n) is 16.4. The van der Waals surface area contributed by atoms with E-state index in [1.54, 1.807) is 6.20 Å². The highest BCUT2D eigenvalue weighted by atomic mass is 35.5. The van der Waals surface area contributed by atoms with Crippen molar-refractivity contribution in [3.8, 4) is 11.3 Å². The van der Waals surface area contributed by atoms with Crippen molar-refractivity contribution < 1.29 is 9.53 Å². The minimum Gasteiger partial charge on any atom is -0.377 e. The number of ether oxygens (including phenoxy) is 1. The van der Waals surface area contributed by atoms with Crippen LogP contribution in [0, 0.1) is 6.92 Å². The third kappa shape index (κ3) is 3.36. The van der Waals surface area contributed by atoms with Crippen LogP contribution in [0.1, 0.15) is 27.8 Å². The Labute approximate surface area is 178 Å². The molecule has 1 atom stereocenters. The van der Waals surface area contributed by atoms with Gasteiger partial charge in [0.05, 0.1) is 31.1 Å². The molecule has 30 heavy (non-hydrogen) atoms. The number of aromatic nitrogens is 4. The largest absolute Gasteiger partial charge is 0.377 e. The number of halogens is 1. The maximum absolute atomic E-state index is 13.4. The van der Waals surface area contributed by atoms with Crippen LogP contribution in [-0.2, 0) is 4.74 Å². The molecule has 1 amide bonds. The maximum atomic E-state index is 13.4. The van der Waals surface area contributed by atoms with Crippen molar-refractivity contribution in [3.05, 3.63) is 70.6 Å². The van der Waals surface area contributed by atoms with Crippen LogP contribution in [0.5, 0.6) is 0 Å².